The Balaban J connectivity index is 2.37. The van der Waals surface area contributed by atoms with E-state index < -0.39 is 35.8 Å². The first-order valence-corrected chi connectivity index (χ1v) is 12.9. The molecule has 1 aliphatic heterocycles. The van der Waals surface area contributed by atoms with Crippen molar-refractivity contribution in [2.45, 2.75) is 12.5 Å². The number of amides is 1. The number of carbonyl (C=O) groups excluding carboxylic acids is 1. The normalized spacial score (nSPS) is 18.6. The molecule has 41 heavy (non-hydrogen) atoms. The highest BCUT2D eigenvalue weighted by atomic mass is 16.6. The molecule has 1 unspecified atom stereocenters. The van der Waals surface area contributed by atoms with Gasteiger partial charge in [-0.15, -0.1) is 0 Å². The molecule has 16 heteroatoms. The lowest BCUT2D eigenvalue weighted by atomic mass is 10.0. The molecule has 0 aromatic heterocycles. The van der Waals surface area contributed by atoms with Crippen LogP contribution in [0.4, 0.5) is 5.69 Å². The molecule has 1 aliphatic rings. The van der Waals surface area contributed by atoms with E-state index >= 15 is 0 Å². The molecule has 0 spiro atoms. The molecule has 1 aromatic rings. The van der Waals surface area contributed by atoms with Crippen molar-refractivity contribution in [2.24, 2.45) is 5.90 Å². The quantitative estimate of drug-likeness (QED) is 0.138. The van der Waals surface area contributed by atoms with E-state index in [1.807, 2.05) is 0 Å². The zero-order valence-electron chi connectivity index (χ0n) is 22.7. The van der Waals surface area contributed by atoms with Crippen molar-refractivity contribution >= 4 is 35.5 Å². The van der Waals surface area contributed by atoms with E-state index in [-0.39, 0.29) is 78.6 Å². The first kappa shape index (κ1) is 33.5. The first-order valence-electron chi connectivity index (χ1n) is 12.9. The van der Waals surface area contributed by atoms with E-state index in [0.717, 1.165) is 5.56 Å². The van der Waals surface area contributed by atoms with Crippen LogP contribution in [0.15, 0.2) is 24.3 Å². The van der Waals surface area contributed by atoms with Crippen molar-refractivity contribution < 1.29 is 49.2 Å². The Morgan fingerprint density at radius 1 is 0.732 bits per heavy atom. The smallest absolute Gasteiger partial charge is 0.317 e. The van der Waals surface area contributed by atoms with Gasteiger partial charge < -0.3 is 25.7 Å². The van der Waals surface area contributed by atoms with Crippen LogP contribution in [-0.2, 0) is 35.2 Å². The molecule has 16 nitrogen and oxygen atoms in total. The predicted octanol–water partition coefficient (Wildman–Crippen LogP) is -2.01. The Kier molecular flexibility index (Phi) is 14.1. The summed E-state index contributed by atoms with van der Waals surface area (Å²) in [5.74, 6) is 0.163. The minimum absolute atomic E-state index is 0.158. The fraction of sp³-hybridized carbons (Fsp3) is 0.560. The first-order chi connectivity index (χ1) is 19.4. The topological polar surface area (TPSA) is 227 Å². The summed E-state index contributed by atoms with van der Waals surface area (Å²) in [6, 6.07) is 6.33. The Morgan fingerprint density at radius 3 is 1.68 bits per heavy atom. The number of aliphatic carboxylic acids is 4. The van der Waals surface area contributed by atoms with Gasteiger partial charge in [-0.3, -0.25) is 48.4 Å². The molecule has 0 bridgehead atoms. The van der Waals surface area contributed by atoms with Crippen LogP contribution in [0, 0.1) is 0 Å². The summed E-state index contributed by atoms with van der Waals surface area (Å²) in [4.78, 5) is 69.0. The van der Waals surface area contributed by atoms with Gasteiger partial charge in [-0.2, -0.15) is 0 Å². The number of hydrogen-bond donors (Lipinski definition) is 6. The van der Waals surface area contributed by atoms with E-state index in [4.69, 9.17) is 5.90 Å². The van der Waals surface area contributed by atoms with Gasteiger partial charge in [-0.05, 0) is 24.1 Å². The zero-order chi connectivity index (χ0) is 30.4. The molecule has 1 atom stereocenters. The van der Waals surface area contributed by atoms with Gasteiger partial charge in [0.2, 0.25) is 0 Å². The predicted molar refractivity (Wildman–Crippen MR) is 144 cm³/mol. The number of hydrogen-bond acceptors (Lipinski definition) is 11. The largest absolute Gasteiger partial charge is 0.480 e. The maximum absolute atomic E-state index is 11.8. The highest BCUT2D eigenvalue weighted by Crippen LogP contribution is 2.16. The summed E-state index contributed by atoms with van der Waals surface area (Å²) in [6.07, 6.45) is 0.321. The van der Waals surface area contributed by atoms with Crippen molar-refractivity contribution in [3.63, 3.8) is 0 Å². The van der Waals surface area contributed by atoms with Gasteiger partial charge in [0.15, 0.2) is 0 Å². The molecule has 1 amide bonds. The highest BCUT2D eigenvalue weighted by Gasteiger charge is 2.27. The lowest BCUT2D eigenvalue weighted by Gasteiger charge is -2.37. The molecule has 0 aliphatic carbocycles. The van der Waals surface area contributed by atoms with Crippen molar-refractivity contribution in [3.05, 3.63) is 29.8 Å². The minimum atomic E-state index is -1.09. The second kappa shape index (κ2) is 17.2. The van der Waals surface area contributed by atoms with Gasteiger partial charge >= 0.3 is 23.9 Å². The van der Waals surface area contributed by atoms with E-state index in [0.29, 0.717) is 12.1 Å². The third-order valence-electron chi connectivity index (χ3n) is 6.49. The molecule has 1 fully saturated rings. The summed E-state index contributed by atoms with van der Waals surface area (Å²) < 4.78 is 0. The number of nitrogens with one attached hydrogen (secondary N) is 1. The third-order valence-corrected chi connectivity index (χ3v) is 6.49. The lowest BCUT2D eigenvalue weighted by Crippen LogP contribution is -2.53. The number of carboxylic acids is 4. The average molecular weight is 583 g/mol. The van der Waals surface area contributed by atoms with E-state index in [1.165, 1.54) is 0 Å². The molecule has 1 saturated heterocycles. The fourth-order valence-corrected chi connectivity index (χ4v) is 4.62. The standard InChI is InChI=1S/C25H38N6O10/c26-41-17-21(32)27-19-3-1-18(2-4-19)11-20-12-30(15-24(37)38)8-7-28(13-22(33)34)5-6-29(14-23(35)36)9-10-31(20)16-25(39)40/h1-4,20H,5-17,26H2,(H,27,32)(H,33,34)(H,35,36)(H,37,38)(H,39,40). The highest BCUT2D eigenvalue weighted by molar-refractivity contribution is 5.91. The van der Waals surface area contributed by atoms with Gasteiger partial charge in [0, 0.05) is 57.5 Å². The summed E-state index contributed by atoms with van der Waals surface area (Å²) >= 11 is 0. The van der Waals surface area contributed by atoms with Crippen molar-refractivity contribution in [1.82, 2.24) is 19.6 Å². The van der Waals surface area contributed by atoms with Crippen molar-refractivity contribution in [1.29, 1.82) is 0 Å². The number of benzene rings is 1. The molecule has 228 valence electrons. The second-order valence-electron chi connectivity index (χ2n) is 9.75. The number of nitrogens with two attached hydrogens (primary N) is 1. The van der Waals surface area contributed by atoms with Crippen LogP contribution in [0.1, 0.15) is 5.56 Å². The lowest BCUT2D eigenvalue weighted by molar-refractivity contribution is -0.142. The maximum Gasteiger partial charge on any atom is 0.317 e. The van der Waals surface area contributed by atoms with Crippen molar-refractivity contribution in [2.75, 3.05) is 83.9 Å². The molecule has 7 N–H and O–H groups in total. The summed E-state index contributed by atoms with van der Waals surface area (Å²) in [7, 11) is 0. The van der Waals surface area contributed by atoms with Crippen LogP contribution >= 0.6 is 0 Å². The summed E-state index contributed by atoms with van der Waals surface area (Å²) in [5, 5.41) is 40.6. The van der Waals surface area contributed by atoms with Crippen LogP contribution in [-0.4, -0.2) is 154 Å². The van der Waals surface area contributed by atoms with Gasteiger partial charge in [0.25, 0.3) is 5.91 Å². The van der Waals surface area contributed by atoms with E-state index in [9.17, 15) is 44.4 Å². The number of carbonyl (C=O) groups is 5. The Bertz CT molecular complexity index is 1040. The van der Waals surface area contributed by atoms with E-state index in [2.05, 4.69) is 10.2 Å². The van der Waals surface area contributed by atoms with Crippen LogP contribution < -0.4 is 11.2 Å². The summed E-state index contributed by atoms with van der Waals surface area (Å²) in [5.41, 5.74) is 1.28. The Morgan fingerprint density at radius 2 is 1.20 bits per heavy atom. The molecule has 0 saturated carbocycles. The SMILES string of the molecule is NOCC(=O)Nc1ccc(CC2CN(CC(=O)O)CCN(CC(=O)O)CCN(CC(=O)O)CCN2CC(=O)O)cc1. The fourth-order valence-electron chi connectivity index (χ4n) is 4.62. The number of anilines is 1. The van der Waals surface area contributed by atoms with Crippen LogP contribution in [0.5, 0.6) is 0 Å². The zero-order valence-corrected chi connectivity index (χ0v) is 22.7. The second-order valence-corrected chi connectivity index (χ2v) is 9.75. The van der Waals surface area contributed by atoms with Crippen LogP contribution in [0.3, 0.4) is 0 Å². The van der Waals surface area contributed by atoms with E-state index in [1.54, 1.807) is 43.9 Å². The molecular formula is C25H38N6O10. The van der Waals surface area contributed by atoms with Crippen LogP contribution in [0.25, 0.3) is 0 Å². The average Bonchev–Trinajstić information content (AvgIpc) is 2.86. The molecular weight excluding hydrogens is 544 g/mol. The molecule has 1 heterocycles. The third kappa shape index (κ3) is 13.5. The maximum atomic E-state index is 11.8. The summed E-state index contributed by atoms with van der Waals surface area (Å²) in [6.45, 7) is -0.199. The molecule has 1 aromatic carbocycles. The van der Waals surface area contributed by atoms with Crippen LogP contribution in [0.2, 0.25) is 0 Å². The Hall–Kier alpha value is -3.67. The number of carboxylic acid groups (broad SMARTS) is 4. The van der Waals surface area contributed by atoms with Gasteiger partial charge in [-0.25, -0.2) is 5.90 Å². The Labute approximate surface area is 236 Å². The van der Waals surface area contributed by atoms with Gasteiger partial charge in [-0.1, -0.05) is 12.1 Å². The molecule has 0 radical (unpaired) electrons. The minimum Gasteiger partial charge on any atom is -0.480 e. The number of nitrogens with zero attached hydrogens (tertiary/aromatic N) is 4. The van der Waals surface area contributed by atoms with Crippen molar-refractivity contribution in [3.8, 4) is 0 Å². The van der Waals surface area contributed by atoms with Gasteiger partial charge in [0.05, 0.1) is 26.2 Å². The molecule has 2 rings (SSSR count). The van der Waals surface area contributed by atoms with Gasteiger partial charge in [0.1, 0.15) is 6.61 Å². The monoisotopic (exact) mass is 582 g/mol. The number of rotatable bonds is 13.